The van der Waals surface area contributed by atoms with E-state index >= 15 is 0 Å². The molecule has 0 bridgehead atoms. The predicted molar refractivity (Wildman–Crippen MR) is 265 cm³/mol. The van der Waals surface area contributed by atoms with Gasteiger partial charge in [0.15, 0.2) is 8.07 Å². The maximum atomic E-state index is 2.59. The number of fused-ring (bicyclic) bond motifs is 7. The lowest BCUT2D eigenvalue weighted by molar-refractivity contribution is 0.590. The second kappa shape index (κ2) is 13.6. The van der Waals surface area contributed by atoms with Crippen molar-refractivity contribution in [1.82, 2.24) is 0 Å². The fraction of sp³-hybridized carbons (Fsp3) is 0.158. The monoisotopic (exact) mass is 802 g/mol. The number of anilines is 6. The van der Waals surface area contributed by atoms with Crippen molar-refractivity contribution in [3.8, 4) is 11.1 Å². The SMILES string of the molecule is Cc1ccc2c3c1N(c1ccc(C(C)(C)C)cc1)c1ccc(C(C)(C)C)cc1B3c1ccccc1N2c1ccc2c(c1)[Si](c1ccccc1)(c1ccccc1)c1ccccc1-2. The minimum atomic E-state index is -2.71. The molecule has 0 saturated carbocycles. The Morgan fingerprint density at radius 2 is 0.984 bits per heavy atom. The molecule has 0 N–H and O–H groups in total. The molecule has 3 heterocycles. The van der Waals surface area contributed by atoms with Crippen molar-refractivity contribution < 1.29 is 0 Å². The summed E-state index contributed by atoms with van der Waals surface area (Å²) in [5.41, 5.74) is 18.2. The van der Waals surface area contributed by atoms with E-state index in [2.05, 4.69) is 240 Å². The Labute approximate surface area is 363 Å². The molecule has 0 fully saturated rings. The van der Waals surface area contributed by atoms with Crippen molar-refractivity contribution in [3.05, 3.63) is 199 Å². The summed E-state index contributed by atoms with van der Waals surface area (Å²) in [6.07, 6.45) is 0. The summed E-state index contributed by atoms with van der Waals surface area (Å²) >= 11 is 0. The fourth-order valence-corrected chi connectivity index (χ4v) is 16.0. The minimum Gasteiger partial charge on any atom is -0.311 e. The Morgan fingerprint density at radius 1 is 0.426 bits per heavy atom. The highest BCUT2D eigenvalue weighted by Crippen LogP contribution is 2.46. The number of para-hydroxylation sites is 1. The lowest BCUT2D eigenvalue weighted by Crippen LogP contribution is -2.72. The van der Waals surface area contributed by atoms with Gasteiger partial charge >= 0.3 is 0 Å². The maximum Gasteiger partial charge on any atom is 0.252 e. The summed E-state index contributed by atoms with van der Waals surface area (Å²) in [4.78, 5) is 5.15. The summed E-state index contributed by atoms with van der Waals surface area (Å²) in [5, 5.41) is 5.74. The van der Waals surface area contributed by atoms with E-state index in [1.54, 1.807) is 0 Å². The van der Waals surface area contributed by atoms with Crippen molar-refractivity contribution in [2.45, 2.75) is 59.3 Å². The number of nitrogens with zero attached hydrogens (tertiary/aromatic N) is 2. The molecule has 8 aromatic carbocycles. The zero-order chi connectivity index (χ0) is 41.8. The van der Waals surface area contributed by atoms with Gasteiger partial charge in [0.1, 0.15) is 0 Å². The van der Waals surface area contributed by atoms with Crippen LogP contribution in [0.25, 0.3) is 11.1 Å². The van der Waals surface area contributed by atoms with E-state index in [4.69, 9.17) is 0 Å². The molecule has 0 unspecified atom stereocenters. The van der Waals surface area contributed by atoms with E-state index in [1.165, 1.54) is 99.1 Å². The molecule has 0 amide bonds. The Hall–Kier alpha value is -6.36. The fourth-order valence-electron chi connectivity index (χ4n) is 10.8. The molecule has 296 valence electrons. The van der Waals surface area contributed by atoms with Crippen LogP contribution in [-0.4, -0.2) is 14.8 Å². The molecule has 0 aromatic heterocycles. The second-order valence-corrected chi connectivity index (χ2v) is 23.1. The van der Waals surface area contributed by atoms with Crippen molar-refractivity contribution >= 4 is 86.0 Å². The first-order valence-electron chi connectivity index (χ1n) is 21.9. The van der Waals surface area contributed by atoms with Crippen LogP contribution in [0.1, 0.15) is 58.2 Å². The van der Waals surface area contributed by atoms with Gasteiger partial charge in [-0.3, -0.25) is 0 Å². The largest absolute Gasteiger partial charge is 0.311 e. The number of hydrogen-bond donors (Lipinski definition) is 0. The summed E-state index contributed by atoms with van der Waals surface area (Å²) in [5.74, 6) is 0. The highest BCUT2D eigenvalue weighted by Gasteiger charge is 2.50. The molecule has 11 rings (SSSR count). The Bertz CT molecular complexity index is 2970. The topological polar surface area (TPSA) is 6.48 Å². The molecule has 0 atom stereocenters. The third kappa shape index (κ3) is 5.54. The van der Waals surface area contributed by atoms with Gasteiger partial charge in [-0.25, -0.2) is 0 Å². The van der Waals surface area contributed by atoms with Crippen LogP contribution >= 0.6 is 0 Å². The first-order valence-corrected chi connectivity index (χ1v) is 23.9. The lowest BCUT2D eigenvalue weighted by atomic mass is 9.33. The Balaban J connectivity index is 1.19. The van der Waals surface area contributed by atoms with Crippen LogP contribution in [0.3, 0.4) is 0 Å². The minimum absolute atomic E-state index is 0.0000360. The maximum absolute atomic E-state index is 2.71. The van der Waals surface area contributed by atoms with Gasteiger partial charge in [-0.05, 0) is 125 Å². The smallest absolute Gasteiger partial charge is 0.252 e. The van der Waals surface area contributed by atoms with Gasteiger partial charge in [-0.15, -0.1) is 0 Å². The van der Waals surface area contributed by atoms with Gasteiger partial charge < -0.3 is 9.80 Å². The van der Waals surface area contributed by atoms with Crippen LogP contribution in [0.4, 0.5) is 34.1 Å². The normalized spacial score (nSPS) is 14.5. The van der Waals surface area contributed by atoms with Crippen LogP contribution in [0.2, 0.25) is 0 Å². The number of rotatable bonds is 4. The first-order chi connectivity index (χ1) is 29.5. The van der Waals surface area contributed by atoms with Crippen LogP contribution in [0.15, 0.2) is 182 Å². The molecule has 0 spiro atoms. The Morgan fingerprint density at radius 3 is 1.67 bits per heavy atom. The molecular formula is C57H51BN2Si. The molecule has 8 aromatic rings. The zero-order valence-corrected chi connectivity index (χ0v) is 37.3. The molecular weight excluding hydrogens is 752 g/mol. The van der Waals surface area contributed by atoms with Crippen LogP contribution < -0.4 is 46.9 Å². The molecule has 0 aliphatic carbocycles. The predicted octanol–water partition coefficient (Wildman–Crippen LogP) is 10.0. The first kappa shape index (κ1) is 37.6. The van der Waals surface area contributed by atoms with Gasteiger partial charge in [-0.2, -0.15) is 0 Å². The number of hydrogen-bond acceptors (Lipinski definition) is 2. The average molecular weight is 803 g/mol. The molecule has 0 saturated heterocycles. The summed E-state index contributed by atoms with van der Waals surface area (Å²) < 4.78 is 0. The van der Waals surface area contributed by atoms with E-state index in [0.29, 0.717) is 0 Å². The molecule has 0 radical (unpaired) electrons. The van der Waals surface area contributed by atoms with Crippen molar-refractivity contribution in [2.24, 2.45) is 0 Å². The summed E-state index contributed by atoms with van der Waals surface area (Å²) in [7, 11) is -2.71. The van der Waals surface area contributed by atoms with Gasteiger partial charge in [0.2, 0.25) is 0 Å². The highest BCUT2D eigenvalue weighted by molar-refractivity contribution is 7.22. The molecule has 2 nitrogen and oxygen atoms in total. The standard InChI is InChI=1S/C57H51BN2Si/c1-38-26-34-51-54-55(38)60(41-30-27-39(28-31-41)56(2,3)4)50-35-29-40(57(5,6)7)36-48(50)58(54)47-23-15-16-24-49(47)59(51)42-32-33-46-45-22-14-17-25-52(45)61(53(46)37-42,43-18-10-8-11-19-43)44-20-12-9-13-21-44/h8-37H,1-7H3. The van der Waals surface area contributed by atoms with Crippen molar-refractivity contribution in [1.29, 1.82) is 0 Å². The van der Waals surface area contributed by atoms with E-state index in [9.17, 15) is 0 Å². The van der Waals surface area contributed by atoms with Gasteiger partial charge in [0.25, 0.3) is 6.71 Å². The summed E-state index contributed by atoms with van der Waals surface area (Å²) in [6.45, 7) is 16.3. The van der Waals surface area contributed by atoms with E-state index in [1.807, 2.05) is 0 Å². The number of aryl methyl sites for hydroxylation is 1. The molecule has 3 aliphatic heterocycles. The molecule has 61 heavy (non-hydrogen) atoms. The summed E-state index contributed by atoms with van der Waals surface area (Å²) in [6, 6.07) is 69.9. The van der Waals surface area contributed by atoms with Gasteiger partial charge in [0, 0.05) is 34.1 Å². The molecule has 4 heteroatoms. The number of benzene rings is 8. The zero-order valence-electron chi connectivity index (χ0n) is 36.3. The van der Waals surface area contributed by atoms with Crippen LogP contribution in [0, 0.1) is 6.92 Å². The average Bonchev–Trinajstić information content (AvgIpc) is 3.57. The van der Waals surface area contributed by atoms with Crippen LogP contribution in [-0.2, 0) is 10.8 Å². The third-order valence-corrected chi connectivity index (χ3v) is 18.6. The van der Waals surface area contributed by atoms with Gasteiger partial charge in [-0.1, -0.05) is 181 Å². The van der Waals surface area contributed by atoms with Crippen molar-refractivity contribution in [3.63, 3.8) is 0 Å². The van der Waals surface area contributed by atoms with E-state index < -0.39 is 8.07 Å². The second-order valence-electron chi connectivity index (χ2n) is 19.4. The Kier molecular flexibility index (Phi) is 8.37. The van der Waals surface area contributed by atoms with Gasteiger partial charge in [0.05, 0.1) is 0 Å². The highest BCUT2D eigenvalue weighted by atomic mass is 28.3. The van der Waals surface area contributed by atoms with Crippen molar-refractivity contribution in [2.75, 3.05) is 9.80 Å². The van der Waals surface area contributed by atoms with E-state index in [0.717, 1.165) is 0 Å². The lowest BCUT2D eigenvalue weighted by Gasteiger charge is -2.45. The molecule has 3 aliphatic rings. The van der Waals surface area contributed by atoms with E-state index in [-0.39, 0.29) is 17.5 Å². The van der Waals surface area contributed by atoms with Crippen LogP contribution in [0.5, 0.6) is 0 Å². The third-order valence-electron chi connectivity index (χ3n) is 13.8. The quantitative estimate of drug-likeness (QED) is 0.164.